The monoisotopic (exact) mass is 313 g/mol. The van der Waals surface area contributed by atoms with Crippen LogP contribution in [0.25, 0.3) is 11.4 Å². The fraction of sp³-hybridized carbons (Fsp3) is 0.273. The van der Waals surface area contributed by atoms with E-state index >= 15 is 0 Å². The van der Waals surface area contributed by atoms with Crippen LogP contribution in [0.1, 0.15) is 12.0 Å². The highest BCUT2D eigenvalue weighted by Gasteiger charge is 2.15. The molecule has 96 valence electrons. The molecule has 3 N–H and O–H groups in total. The van der Waals surface area contributed by atoms with E-state index in [1.54, 1.807) is 19.2 Å². The SMILES string of the molecule is COc1ccc(-c2noc(C(O)CN)n2)cc1Br. The summed E-state index contributed by atoms with van der Waals surface area (Å²) in [5.41, 5.74) is 6.06. The topological polar surface area (TPSA) is 94.4 Å². The van der Waals surface area contributed by atoms with Crippen molar-refractivity contribution in [3.63, 3.8) is 0 Å². The van der Waals surface area contributed by atoms with Crippen molar-refractivity contribution in [2.75, 3.05) is 13.7 Å². The van der Waals surface area contributed by atoms with Crippen molar-refractivity contribution in [3.8, 4) is 17.1 Å². The Labute approximate surface area is 112 Å². The number of hydrogen-bond acceptors (Lipinski definition) is 6. The summed E-state index contributed by atoms with van der Waals surface area (Å²) in [5, 5.41) is 13.3. The summed E-state index contributed by atoms with van der Waals surface area (Å²) in [5.74, 6) is 1.21. The van der Waals surface area contributed by atoms with Gasteiger partial charge in [-0.3, -0.25) is 0 Å². The Morgan fingerprint density at radius 1 is 1.56 bits per heavy atom. The van der Waals surface area contributed by atoms with Crippen molar-refractivity contribution in [2.45, 2.75) is 6.10 Å². The van der Waals surface area contributed by atoms with Crippen molar-refractivity contribution in [1.82, 2.24) is 10.1 Å². The number of benzene rings is 1. The zero-order valence-corrected chi connectivity index (χ0v) is 11.2. The van der Waals surface area contributed by atoms with E-state index in [0.29, 0.717) is 11.6 Å². The molecule has 1 atom stereocenters. The van der Waals surface area contributed by atoms with Gasteiger partial charge in [-0.15, -0.1) is 0 Å². The molecule has 0 radical (unpaired) electrons. The average molecular weight is 314 g/mol. The number of ether oxygens (including phenoxy) is 1. The zero-order valence-electron chi connectivity index (χ0n) is 9.63. The van der Waals surface area contributed by atoms with Gasteiger partial charge in [0.15, 0.2) is 0 Å². The molecule has 18 heavy (non-hydrogen) atoms. The summed E-state index contributed by atoms with van der Waals surface area (Å²) in [4.78, 5) is 4.08. The molecule has 0 spiro atoms. The minimum absolute atomic E-state index is 0.0357. The van der Waals surface area contributed by atoms with Crippen molar-refractivity contribution in [3.05, 3.63) is 28.6 Å². The molecule has 7 heteroatoms. The van der Waals surface area contributed by atoms with Gasteiger partial charge in [-0.1, -0.05) is 5.16 Å². The highest BCUT2D eigenvalue weighted by Crippen LogP contribution is 2.29. The number of aliphatic hydroxyl groups excluding tert-OH is 1. The predicted molar refractivity (Wildman–Crippen MR) is 68.0 cm³/mol. The first-order valence-electron chi connectivity index (χ1n) is 5.21. The van der Waals surface area contributed by atoms with Gasteiger partial charge >= 0.3 is 0 Å². The van der Waals surface area contributed by atoms with E-state index in [4.69, 9.17) is 15.0 Å². The lowest BCUT2D eigenvalue weighted by molar-refractivity contribution is 0.141. The highest BCUT2D eigenvalue weighted by atomic mass is 79.9. The Bertz CT molecular complexity index is 544. The number of aliphatic hydroxyl groups is 1. The first-order chi connectivity index (χ1) is 8.65. The lowest BCUT2D eigenvalue weighted by Crippen LogP contribution is -2.11. The van der Waals surface area contributed by atoms with Gasteiger partial charge in [-0.25, -0.2) is 0 Å². The van der Waals surface area contributed by atoms with E-state index < -0.39 is 6.10 Å². The summed E-state index contributed by atoms with van der Waals surface area (Å²) in [6.45, 7) is 0.0357. The van der Waals surface area contributed by atoms with Gasteiger partial charge in [0.1, 0.15) is 11.9 Å². The van der Waals surface area contributed by atoms with Gasteiger partial charge in [-0.05, 0) is 34.1 Å². The molecular weight excluding hydrogens is 302 g/mol. The average Bonchev–Trinajstić information content (AvgIpc) is 2.87. The van der Waals surface area contributed by atoms with Gasteiger partial charge in [0, 0.05) is 12.1 Å². The molecule has 0 aliphatic rings. The molecule has 2 rings (SSSR count). The van der Waals surface area contributed by atoms with Crippen LogP contribution in [0.2, 0.25) is 0 Å². The quantitative estimate of drug-likeness (QED) is 0.888. The molecule has 0 saturated carbocycles. The van der Waals surface area contributed by atoms with Crippen molar-refractivity contribution >= 4 is 15.9 Å². The lowest BCUT2D eigenvalue weighted by atomic mass is 10.2. The van der Waals surface area contributed by atoms with Crippen LogP contribution in [0.5, 0.6) is 5.75 Å². The smallest absolute Gasteiger partial charge is 0.257 e. The van der Waals surface area contributed by atoms with Crippen LogP contribution >= 0.6 is 15.9 Å². The lowest BCUT2D eigenvalue weighted by Gasteiger charge is -2.03. The largest absolute Gasteiger partial charge is 0.496 e. The van der Waals surface area contributed by atoms with Gasteiger partial charge in [-0.2, -0.15) is 4.98 Å². The maximum absolute atomic E-state index is 9.48. The molecule has 1 unspecified atom stereocenters. The fourth-order valence-electron chi connectivity index (χ4n) is 1.39. The van der Waals surface area contributed by atoms with Gasteiger partial charge < -0.3 is 20.1 Å². The van der Waals surface area contributed by atoms with Crippen LogP contribution in [0, 0.1) is 0 Å². The van der Waals surface area contributed by atoms with E-state index in [9.17, 15) is 5.11 Å². The van der Waals surface area contributed by atoms with Gasteiger partial charge in [0.05, 0.1) is 11.6 Å². The number of rotatable bonds is 4. The number of hydrogen-bond donors (Lipinski definition) is 2. The molecule has 0 aliphatic heterocycles. The molecular formula is C11H12BrN3O3. The number of halogens is 1. The normalized spacial score (nSPS) is 12.4. The second kappa shape index (κ2) is 5.47. The second-order valence-corrected chi connectivity index (χ2v) is 4.41. The Hall–Kier alpha value is -1.44. The Kier molecular flexibility index (Phi) is 3.95. The molecule has 0 bridgehead atoms. The zero-order chi connectivity index (χ0) is 13.1. The molecule has 1 heterocycles. The minimum atomic E-state index is -0.937. The molecule has 6 nitrogen and oxygen atoms in total. The Morgan fingerprint density at radius 2 is 2.33 bits per heavy atom. The molecule has 1 aromatic carbocycles. The first kappa shape index (κ1) is 13.0. The molecule has 0 amide bonds. The number of nitrogens with two attached hydrogens (primary N) is 1. The van der Waals surface area contributed by atoms with Crippen LogP contribution in [0.3, 0.4) is 0 Å². The van der Waals surface area contributed by atoms with Gasteiger partial charge in [0.25, 0.3) is 5.89 Å². The minimum Gasteiger partial charge on any atom is -0.496 e. The van der Waals surface area contributed by atoms with E-state index in [-0.39, 0.29) is 12.4 Å². The van der Waals surface area contributed by atoms with Crippen LogP contribution in [0.4, 0.5) is 0 Å². The van der Waals surface area contributed by atoms with Crippen LogP contribution < -0.4 is 10.5 Å². The third-order valence-electron chi connectivity index (χ3n) is 2.36. The van der Waals surface area contributed by atoms with Crippen molar-refractivity contribution < 1.29 is 14.4 Å². The second-order valence-electron chi connectivity index (χ2n) is 3.56. The third-order valence-corrected chi connectivity index (χ3v) is 2.98. The fourth-order valence-corrected chi connectivity index (χ4v) is 1.93. The van der Waals surface area contributed by atoms with E-state index in [0.717, 1.165) is 10.0 Å². The standard InChI is InChI=1S/C11H12BrN3O3/c1-17-9-3-2-6(4-7(9)12)10-14-11(18-15-10)8(16)5-13/h2-4,8,16H,5,13H2,1H3. The molecule has 0 saturated heterocycles. The molecule has 0 aliphatic carbocycles. The summed E-state index contributed by atoms with van der Waals surface area (Å²) in [7, 11) is 1.59. The predicted octanol–water partition coefficient (Wildman–Crippen LogP) is 1.50. The number of methoxy groups -OCH3 is 1. The summed E-state index contributed by atoms with van der Waals surface area (Å²) in [6.07, 6.45) is -0.937. The van der Waals surface area contributed by atoms with E-state index in [1.165, 1.54) is 0 Å². The van der Waals surface area contributed by atoms with Gasteiger partial charge in [0.2, 0.25) is 5.82 Å². The summed E-state index contributed by atoms with van der Waals surface area (Å²) in [6, 6.07) is 5.39. The molecule has 2 aromatic rings. The third kappa shape index (κ3) is 2.53. The van der Waals surface area contributed by atoms with Crippen molar-refractivity contribution in [2.24, 2.45) is 5.73 Å². The van der Waals surface area contributed by atoms with Crippen LogP contribution in [0.15, 0.2) is 27.2 Å². The maximum atomic E-state index is 9.48. The molecule has 1 aromatic heterocycles. The van der Waals surface area contributed by atoms with Crippen molar-refractivity contribution in [1.29, 1.82) is 0 Å². The number of aromatic nitrogens is 2. The number of nitrogens with zero attached hydrogens (tertiary/aromatic N) is 2. The maximum Gasteiger partial charge on any atom is 0.257 e. The summed E-state index contributed by atoms with van der Waals surface area (Å²) < 4.78 is 10.8. The van der Waals surface area contributed by atoms with E-state index in [1.807, 2.05) is 6.07 Å². The summed E-state index contributed by atoms with van der Waals surface area (Å²) >= 11 is 3.37. The first-order valence-corrected chi connectivity index (χ1v) is 6.00. The highest BCUT2D eigenvalue weighted by molar-refractivity contribution is 9.10. The van der Waals surface area contributed by atoms with E-state index in [2.05, 4.69) is 26.1 Å². The van der Waals surface area contributed by atoms with Crippen LogP contribution in [-0.4, -0.2) is 28.9 Å². The molecule has 0 fully saturated rings. The Morgan fingerprint density at radius 3 is 2.94 bits per heavy atom. The van der Waals surface area contributed by atoms with Crippen LogP contribution in [-0.2, 0) is 0 Å². The Balaban J connectivity index is 2.31.